The summed E-state index contributed by atoms with van der Waals surface area (Å²) in [6.07, 6.45) is -0.730. The Morgan fingerprint density at radius 1 is 1.39 bits per heavy atom. The molecule has 18 heavy (non-hydrogen) atoms. The third-order valence-electron chi connectivity index (χ3n) is 2.22. The van der Waals surface area contributed by atoms with Gasteiger partial charge in [-0.1, -0.05) is 41.7 Å². The van der Waals surface area contributed by atoms with Crippen LogP contribution in [0.4, 0.5) is 9.93 Å². The van der Waals surface area contributed by atoms with Gasteiger partial charge in [-0.05, 0) is 5.56 Å². The van der Waals surface area contributed by atoms with Gasteiger partial charge in [0.05, 0.1) is 6.10 Å². The number of hydrogen-bond acceptors (Lipinski definition) is 5. The number of benzene rings is 1. The molecule has 1 aromatic heterocycles. The Bertz CT molecular complexity index is 489. The average Bonchev–Trinajstić information content (AvgIpc) is 2.90. The third kappa shape index (κ3) is 3.51. The maximum atomic E-state index is 11.5. The molecule has 1 heterocycles. The molecule has 1 aromatic carbocycles. The number of rotatable bonds is 4. The summed E-state index contributed by atoms with van der Waals surface area (Å²) in [5.74, 6) is 0. The fourth-order valence-corrected chi connectivity index (χ4v) is 1.79. The summed E-state index contributed by atoms with van der Waals surface area (Å²) < 4.78 is 0. The monoisotopic (exact) mass is 264 g/mol. The normalized spacial score (nSPS) is 11.8. The summed E-state index contributed by atoms with van der Waals surface area (Å²) >= 11 is 1.23. The van der Waals surface area contributed by atoms with Crippen molar-refractivity contribution in [1.82, 2.24) is 15.5 Å². The first-order valence-electron chi connectivity index (χ1n) is 5.30. The molecule has 0 aliphatic rings. The summed E-state index contributed by atoms with van der Waals surface area (Å²) in [6, 6.07) is 8.72. The molecular weight excluding hydrogens is 252 g/mol. The Kier molecular flexibility index (Phi) is 4.21. The lowest BCUT2D eigenvalue weighted by Gasteiger charge is -2.11. The fourth-order valence-electron chi connectivity index (χ4n) is 1.35. The van der Waals surface area contributed by atoms with Crippen molar-refractivity contribution in [3.05, 3.63) is 41.4 Å². The van der Waals surface area contributed by atoms with Gasteiger partial charge in [-0.3, -0.25) is 5.32 Å². The van der Waals surface area contributed by atoms with Gasteiger partial charge in [0.15, 0.2) is 0 Å². The zero-order valence-electron chi connectivity index (χ0n) is 9.41. The number of carbonyl (C=O) groups excluding carboxylic acids is 1. The third-order valence-corrected chi connectivity index (χ3v) is 2.83. The number of carbonyl (C=O) groups is 1. The number of hydrogen-bond donors (Lipinski definition) is 3. The minimum absolute atomic E-state index is 0.134. The number of nitrogens with zero attached hydrogens (tertiary/aromatic N) is 2. The molecule has 0 radical (unpaired) electrons. The van der Waals surface area contributed by atoms with Gasteiger partial charge in [0.2, 0.25) is 5.13 Å². The Labute approximate surface area is 108 Å². The van der Waals surface area contributed by atoms with Crippen LogP contribution < -0.4 is 10.6 Å². The summed E-state index contributed by atoms with van der Waals surface area (Å²) in [6.45, 7) is 0.134. The average molecular weight is 264 g/mol. The molecule has 0 saturated heterocycles. The Balaban J connectivity index is 1.79. The molecular formula is C11H12N4O2S. The molecule has 0 fully saturated rings. The van der Waals surface area contributed by atoms with E-state index >= 15 is 0 Å². The van der Waals surface area contributed by atoms with Crippen molar-refractivity contribution in [1.29, 1.82) is 0 Å². The quantitative estimate of drug-likeness (QED) is 0.779. The van der Waals surface area contributed by atoms with Crippen LogP contribution in [0.15, 0.2) is 35.8 Å². The van der Waals surface area contributed by atoms with Crippen LogP contribution in [0.3, 0.4) is 0 Å². The first kappa shape index (κ1) is 12.5. The van der Waals surface area contributed by atoms with Gasteiger partial charge >= 0.3 is 6.03 Å². The van der Waals surface area contributed by atoms with Gasteiger partial charge < -0.3 is 10.4 Å². The van der Waals surface area contributed by atoms with Gasteiger partial charge in [0.25, 0.3) is 0 Å². The number of urea groups is 1. The highest BCUT2D eigenvalue weighted by Crippen LogP contribution is 2.11. The molecule has 2 aromatic rings. The van der Waals surface area contributed by atoms with E-state index in [1.807, 2.05) is 18.2 Å². The van der Waals surface area contributed by atoms with Gasteiger partial charge in [-0.2, -0.15) is 0 Å². The van der Waals surface area contributed by atoms with Crippen LogP contribution in [0.2, 0.25) is 0 Å². The second-order valence-corrected chi connectivity index (χ2v) is 4.34. The van der Waals surface area contributed by atoms with Crippen LogP contribution in [0.5, 0.6) is 0 Å². The first-order valence-corrected chi connectivity index (χ1v) is 6.17. The van der Waals surface area contributed by atoms with Crippen molar-refractivity contribution in [2.75, 3.05) is 11.9 Å². The SMILES string of the molecule is O=C(NCC(O)c1ccccc1)Nc1nncs1. The largest absolute Gasteiger partial charge is 0.387 e. The fraction of sp³-hybridized carbons (Fsp3) is 0.182. The van der Waals surface area contributed by atoms with E-state index in [4.69, 9.17) is 0 Å². The molecule has 3 N–H and O–H groups in total. The first-order chi connectivity index (χ1) is 8.75. The topological polar surface area (TPSA) is 87.1 Å². The summed E-state index contributed by atoms with van der Waals surface area (Å²) in [4.78, 5) is 11.5. The van der Waals surface area contributed by atoms with Crippen LogP contribution in [0.1, 0.15) is 11.7 Å². The number of anilines is 1. The van der Waals surface area contributed by atoms with Gasteiger partial charge in [0, 0.05) is 6.54 Å². The van der Waals surface area contributed by atoms with E-state index in [1.165, 1.54) is 16.8 Å². The smallest absolute Gasteiger partial charge is 0.321 e. The molecule has 0 spiro atoms. The molecule has 1 atom stereocenters. The number of nitrogens with one attached hydrogen (secondary N) is 2. The van der Waals surface area contributed by atoms with Crippen molar-refractivity contribution in [3.8, 4) is 0 Å². The molecule has 0 aliphatic heterocycles. The minimum Gasteiger partial charge on any atom is -0.387 e. The highest BCUT2D eigenvalue weighted by molar-refractivity contribution is 7.13. The zero-order valence-corrected chi connectivity index (χ0v) is 10.2. The van der Waals surface area contributed by atoms with Crippen LogP contribution >= 0.6 is 11.3 Å². The van der Waals surface area contributed by atoms with Gasteiger partial charge in [-0.25, -0.2) is 4.79 Å². The standard InChI is InChI=1S/C11H12N4O2S/c16-9(8-4-2-1-3-5-8)6-12-10(17)14-11-15-13-7-18-11/h1-5,7,9,16H,6H2,(H2,12,14,15,17). The van der Waals surface area contributed by atoms with E-state index in [0.717, 1.165) is 5.56 Å². The Morgan fingerprint density at radius 2 is 2.17 bits per heavy atom. The van der Waals surface area contributed by atoms with Crippen LogP contribution in [-0.2, 0) is 0 Å². The zero-order chi connectivity index (χ0) is 12.8. The highest BCUT2D eigenvalue weighted by atomic mass is 32.1. The highest BCUT2D eigenvalue weighted by Gasteiger charge is 2.09. The maximum absolute atomic E-state index is 11.5. The minimum atomic E-state index is -0.730. The van der Waals surface area contributed by atoms with E-state index < -0.39 is 12.1 Å². The summed E-state index contributed by atoms with van der Waals surface area (Å²) in [5, 5.41) is 22.6. The van der Waals surface area contributed by atoms with E-state index in [1.54, 1.807) is 12.1 Å². The van der Waals surface area contributed by atoms with Crippen LogP contribution in [-0.4, -0.2) is 27.9 Å². The number of amides is 2. The Hall–Kier alpha value is -1.99. The predicted octanol–water partition coefficient (Wildman–Crippen LogP) is 1.39. The predicted molar refractivity (Wildman–Crippen MR) is 68.3 cm³/mol. The van der Waals surface area contributed by atoms with Gasteiger partial charge in [-0.15, -0.1) is 10.2 Å². The maximum Gasteiger partial charge on any atom is 0.321 e. The number of aliphatic hydroxyl groups is 1. The Morgan fingerprint density at radius 3 is 2.83 bits per heavy atom. The number of aromatic nitrogens is 2. The molecule has 94 valence electrons. The van der Waals surface area contributed by atoms with Crippen molar-refractivity contribution in [3.63, 3.8) is 0 Å². The van der Waals surface area contributed by atoms with E-state index in [-0.39, 0.29) is 6.54 Å². The molecule has 1 unspecified atom stereocenters. The van der Waals surface area contributed by atoms with Crippen molar-refractivity contribution in [2.45, 2.75) is 6.10 Å². The van der Waals surface area contributed by atoms with E-state index in [2.05, 4.69) is 20.8 Å². The lowest BCUT2D eigenvalue weighted by atomic mass is 10.1. The number of aliphatic hydroxyl groups excluding tert-OH is 1. The lowest BCUT2D eigenvalue weighted by molar-refractivity contribution is 0.175. The second kappa shape index (κ2) is 6.08. The van der Waals surface area contributed by atoms with Crippen molar-refractivity contribution >= 4 is 22.5 Å². The van der Waals surface area contributed by atoms with Gasteiger partial charge in [0.1, 0.15) is 5.51 Å². The molecule has 6 nitrogen and oxygen atoms in total. The summed E-state index contributed by atoms with van der Waals surface area (Å²) in [5.41, 5.74) is 2.28. The van der Waals surface area contributed by atoms with Crippen LogP contribution in [0.25, 0.3) is 0 Å². The van der Waals surface area contributed by atoms with E-state index in [0.29, 0.717) is 5.13 Å². The lowest BCUT2D eigenvalue weighted by Crippen LogP contribution is -2.32. The van der Waals surface area contributed by atoms with E-state index in [9.17, 15) is 9.90 Å². The second-order valence-electron chi connectivity index (χ2n) is 3.51. The molecule has 0 saturated carbocycles. The molecule has 2 amide bonds. The molecule has 7 heteroatoms. The molecule has 0 aliphatic carbocycles. The van der Waals surface area contributed by atoms with Crippen molar-refractivity contribution in [2.24, 2.45) is 0 Å². The van der Waals surface area contributed by atoms with Crippen LogP contribution in [0, 0.1) is 0 Å². The van der Waals surface area contributed by atoms with Crippen molar-refractivity contribution < 1.29 is 9.90 Å². The summed E-state index contributed by atoms with van der Waals surface area (Å²) in [7, 11) is 0. The molecule has 0 bridgehead atoms. The molecule has 2 rings (SSSR count).